The van der Waals surface area contributed by atoms with Gasteiger partial charge in [0.1, 0.15) is 6.04 Å². The van der Waals surface area contributed by atoms with Crippen LogP contribution in [0.4, 0.5) is 0 Å². The molecule has 7 heteroatoms. The lowest BCUT2D eigenvalue weighted by Gasteiger charge is -2.03. The predicted molar refractivity (Wildman–Crippen MR) is 85.5 cm³/mol. The molecule has 0 saturated heterocycles. The van der Waals surface area contributed by atoms with Crippen LogP contribution >= 0.6 is 0 Å². The first kappa shape index (κ1) is 16.7. The van der Waals surface area contributed by atoms with E-state index >= 15 is 0 Å². The van der Waals surface area contributed by atoms with Crippen molar-refractivity contribution in [1.82, 2.24) is 4.98 Å². The second kappa shape index (κ2) is 8.09. The molecule has 2 aromatic rings. The SMILES string of the molecule is NC(CCCCN=Cc1nc(-c2ccccc2)oc1O)C(=O)O. The number of aliphatic imine (C=N–C) groups is 1. The van der Waals surface area contributed by atoms with E-state index in [9.17, 15) is 9.90 Å². The van der Waals surface area contributed by atoms with Crippen molar-refractivity contribution in [2.75, 3.05) is 6.54 Å². The Labute approximate surface area is 133 Å². The Hall–Kier alpha value is -2.67. The minimum absolute atomic E-state index is 0.270. The third kappa shape index (κ3) is 4.93. The smallest absolute Gasteiger partial charge is 0.320 e. The van der Waals surface area contributed by atoms with Crippen LogP contribution in [-0.4, -0.2) is 40.0 Å². The second-order valence-electron chi connectivity index (χ2n) is 5.05. The van der Waals surface area contributed by atoms with Gasteiger partial charge in [-0.25, -0.2) is 4.98 Å². The summed E-state index contributed by atoms with van der Waals surface area (Å²) in [7, 11) is 0. The zero-order valence-electron chi connectivity index (χ0n) is 12.6. The summed E-state index contributed by atoms with van der Waals surface area (Å²) in [6, 6.07) is 8.42. The van der Waals surface area contributed by atoms with Gasteiger partial charge < -0.3 is 20.4 Å². The molecule has 1 aromatic carbocycles. The number of aromatic nitrogens is 1. The van der Waals surface area contributed by atoms with E-state index in [0.717, 1.165) is 5.56 Å². The Morgan fingerprint density at radius 2 is 2.09 bits per heavy atom. The maximum Gasteiger partial charge on any atom is 0.320 e. The molecule has 0 aliphatic heterocycles. The number of aromatic hydroxyl groups is 1. The van der Waals surface area contributed by atoms with Crippen molar-refractivity contribution < 1.29 is 19.4 Å². The lowest BCUT2D eigenvalue weighted by molar-refractivity contribution is -0.138. The van der Waals surface area contributed by atoms with E-state index in [1.807, 2.05) is 30.3 Å². The van der Waals surface area contributed by atoms with Crippen molar-refractivity contribution in [1.29, 1.82) is 0 Å². The minimum atomic E-state index is -0.991. The Morgan fingerprint density at radius 3 is 2.78 bits per heavy atom. The fourth-order valence-corrected chi connectivity index (χ4v) is 1.95. The van der Waals surface area contributed by atoms with E-state index < -0.39 is 12.0 Å². The van der Waals surface area contributed by atoms with Crippen LogP contribution in [-0.2, 0) is 4.79 Å². The van der Waals surface area contributed by atoms with E-state index in [1.54, 1.807) is 0 Å². The van der Waals surface area contributed by atoms with Gasteiger partial charge >= 0.3 is 11.9 Å². The normalized spacial score (nSPS) is 12.6. The number of rotatable bonds is 8. The number of aliphatic carboxylic acids is 1. The summed E-state index contributed by atoms with van der Waals surface area (Å²) in [4.78, 5) is 18.9. The summed E-state index contributed by atoms with van der Waals surface area (Å²) in [5.41, 5.74) is 6.44. The van der Waals surface area contributed by atoms with Gasteiger partial charge in [0.25, 0.3) is 0 Å². The molecule has 0 aliphatic carbocycles. The maximum absolute atomic E-state index is 10.6. The van der Waals surface area contributed by atoms with E-state index in [4.69, 9.17) is 15.3 Å². The number of carboxylic acids is 1. The highest BCUT2D eigenvalue weighted by Crippen LogP contribution is 2.24. The van der Waals surface area contributed by atoms with Crippen molar-refractivity contribution in [3.8, 4) is 17.4 Å². The number of carbonyl (C=O) groups is 1. The number of hydrogen-bond acceptors (Lipinski definition) is 6. The van der Waals surface area contributed by atoms with E-state index in [1.165, 1.54) is 6.21 Å². The lowest BCUT2D eigenvalue weighted by Crippen LogP contribution is -2.29. The predicted octanol–water partition coefficient (Wildman–Crippen LogP) is 2.05. The van der Waals surface area contributed by atoms with Gasteiger partial charge in [0.05, 0.1) is 6.21 Å². The first-order valence-corrected chi connectivity index (χ1v) is 7.31. The molecule has 7 nitrogen and oxygen atoms in total. The maximum atomic E-state index is 10.6. The van der Waals surface area contributed by atoms with Crippen molar-refractivity contribution in [3.63, 3.8) is 0 Å². The first-order valence-electron chi connectivity index (χ1n) is 7.31. The van der Waals surface area contributed by atoms with Crippen LogP contribution in [0, 0.1) is 0 Å². The van der Waals surface area contributed by atoms with Gasteiger partial charge in [-0.2, -0.15) is 0 Å². The molecule has 0 bridgehead atoms. The minimum Gasteiger partial charge on any atom is -0.480 e. The molecule has 0 aliphatic rings. The van der Waals surface area contributed by atoms with E-state index in [0.29, 0.717) is 31.7 Å². The largest absolute Gasteiger partial charge is 0.480 e. The van der Waals surface area contributed by atoms with Gasteiger partial charge in [-0.05, 0) is 31.4 Å². The van der Waals surface area contributed by atoms with Crippen LogP contribution in [0.1, 0.15) is 25.0 Å². The average molecular weight is 317 g/mol. The fourth-order valence-electron chi connectivity index (χ4n) is 1.95. The molecule has 0 radical (unpaired) electrons. The van der Waals surface area contributed by atoms with Crippen LogP contribution in [0.15, 0.2) is 39.7 Å². The van der Waals surface area contributed by atoms with Crippen LogP contribution < -0.4 is 5.73 Å². The second-order valence-corrected chi connectivity index (χ2v) is 5.05. The number of carboxylic acid groups (broad SMARTS) is 1. The Balaban J connectivity index is 1.84. The van der Waals surface area contributed by atoms with Crippen LogP contribution in [0.2, 0.25) is 0 Å². The molecule has 0 amide bonds. The van der Waals surface area contributed by atoms with Gasteiger partial charge in [0, 0.05) is 12.1 Å². The molecule has 23 heavy (non-hydrogen) atoms. The highest BCUT2D eigenvalue weighted by molar-refractivity contribution is 5.80. The van der Waals surface area contributed by atoms with Crippen LogP contribution in [0.3, 0.4) is 0 Å². The highest BCUT2D eigenvalue weighted by Gasteiger charge is 2.12. The monoisotopic (exact) mass is 317 g/mol. The lowest BCUT2D eigenvalue weighted by atomic mass is 10.1. The number of nitrogens with two attached hydrogens (primary N) is 1. The first-order chi connectivity index (χ1) is 11.1. The molecule has 4 N–H and O–H groups in total. The number of unbranched alkanes of at least 4 members (excludes halogenated alkanes) is 1. The Morgan fingerprint density at radius 1 is 1.35 bits per heavy atom. The van der Waals surface area contributed by atoms with Crippen molar-refractivity contribution in [2.24, 2.45) is 10.7 Å². The molecule has 0 spiro atoms. The van der Waals surface area contributed by atoms with Gasteiger partial charge in [-0.3, -0.25) is 9.79 Å². The van der Waals surface area contributed by atoms with Crippen molar-refractivity contribution >= 4 is 12.2 Å². The molecule has 1 atom stereocenters. The van der Waals surface area contributed by atoms with Gasteiger partial charge in [0.2, 0.25) is 5.89 Å². The highest BCUT2D eigenvalue weighted by atomic mass is 16.5. The molecular weight excluding hydrogens is 298 g/mol. The number of nitrogens with zero attached hydrogens (tertiary/aromatic N) is 2. The topological polar surface area (TPSA) is 122 Å². The summed E-state index contributed by atoms with van der Waals surface area (Å²) in [5.74, 6) is -0.938. The van der Waals surface area contributed by atoms with Gasteiger partial charge in [0.15, 0.2) is 5.69 Å². The molecule has 2 rings (SSSR count). The van der Waals surface area contributed by atoms with Crippen molar-refractivity contribution in [2.45, 2.75) is 25.3 Å². The molecular formula is C16H19N3O4. The number of hydrogen-bond donors (Lipinski definition) is 3. The summed E-state index contributed by atoms with van der Waals surface area (Å²) >= 11 is 0. The molecule has 122 valence electrons. The summed E-state index contributed by atoms with van der Waals surface area (Å²) in [5, 5.41) is 18.4. The van der Waals surface area contributed by atoms with Crippen LogP contribution in [0.25, 0.3) is 11.5 Å². The molecule has 0 saturated carbocycles. The Kier molecular flexibility index (Phi) is 5.87. The summed E-state index contributed by atoms with van der Waals surface area (Å²) < 4.78 is 5.21. The van der Waals surface area contributed by atoms with Gasteiger partial charge in [-0.1, -0.05) is 18.2 Å². The molecule has 0 fully saturated rings. The zero-order chi connectivity index (χ0) is 16.7. The summed E-state index contributed by atoms with van der Waals surface area (Å²) in [6.45, 7) is 0.499. The third-order valence-electron chi connectivity index (χ3n) is 3.24. The Bertz CT molecular complexity index is 667. The third-order valence-corrected chi connectivity index (χ3v) is 3.24. The summed E-state index contributed by atoms with van der Waals surface area (Å²) in [6.07, 6.45) is 3.24. The van der Waals surface area contributed by atoms with Crippen molar-refractivity contribution in [3.05, 3.63) is 36.0 Å². The molecule has 1 unspecified atom stereocenters. The number of oxazole rings is 1. The standard InChI is InChI=1S/C16H19N3O4/c17-12(15(20)21)8-4-5-9-18-10-13-16(22)23-14(19-13)11-6-2-1-3-7-11/h1-3,6-7,10,12,22H,4-5,8-9,17H2,(H,20,21). The zero-order valence-corrected chi connectivity index (χ0v) is 12.6. The average Bonchev–Trinajstić information content (AvgIpc) is 2.92. The fraction of sp³-hybridized carbons (Fsp3) is 0.312. The van der Waals surface area contributed by atoms with E-state index in [2.05, 4.69) is 9.98 Å². The van der Waals surface area contributed by atoms with Crippen LogP contribution in [0.5, 0.6) is 5.95 Å². The quantitative estimate of drug-likeness (QED) is 0.506. The molecule has 1 aromatic heterocycles. The number of benzene rings is 1. The van der Waals surface area contributed by atoms with Gasteiger partial charge in [-0.15, -0.1) is 0 Å². The molecule has 1 heterocycles. The van der Waals surface area contributed by atoms with E-state index in [-0.39, 0.29) is 11.6 Å².